The molecule has 0 radical (unpaired) electrons. The molecule has 3 aromatic rings. The molecule has 1 N–H and O–H groups in total. The highest BCUT2D eigenvalue weighted by molar-refractivity contribution is 5.96. The van der Waals surface area contributed by atoms with Crippen molar-refractivity contribution >= 4 is 5.97 Å². The minimum absolute atomic E-state index is 0.0879. The summed E-state index contributed by atoms with van der Waals surface area (Å²) in [5.41, 5.74) is 4.73. The number of benzene rings is 2. The number of phenolic OH excluding ortho intramolecular Hbond substituents is 1. The van der Waals surface area contributed by atoms with E-state index in [-0.39, 0.29) is 5.75 Å². The molecule has 30 heavy (non-hydrogen) atoms. The van der Waals surface area contributed by atoms with E-state index in [2.05, 4.69) is 0 Å². The Labute approximate surface area is 174 Å². The van der Waals surface area contributed by atoms with Crippen LogP contribution in [0, 0.1) is 0 Å². The van der Waals surface area contributed by atoms with Crippen LogP contribution in [0.1, 0.15) is 16.1 Å². The zero-order valence-corrected chi connectivity index (χ0v) is 17.3. The molecule has 0 spiro atoms. The van der Waals surface area contributed by atoms with Crippen molar-refractivity contribution in [3.63, 3.8) is 0 Å². The molecule has 0 aliphatic carbocycles. The normalized spacial score (nSPS) is 12.0. The number of aryl methyl sites for hydroxylation is 1. The van der Waals surface area contributed by atoms with Crippen molar-refractivity contribution in [3.8, 4) is 45.4 Å². The van der Waals surface area contributed by atoms with Crippen LogP contribution in [0.2, 0.25) is 0 Å². The highest BCUT2D eigenvalue weighted by Crippen LogP contribution is 2.46. The fourth-order valence-corrected chi connectivity index (χ4v) is 4.01. The quantitative estimate of drug-likeness (QED) is 0.644. The fraction of sp³-hybridized carbons (Fsp3) is 0.261. The number of carbonyl (C=O) groups is 1. The summed E-state index contributed by atoms with van der Waals surface area (Å²) < 4.78 is 23.3. The molecule has 7 heteroatoms. The number of esters is 1. The van der Waals surface area contributed by atoms with E-state index in [1.54, 1.807) is 26.4 Å². The first kappa shape index (κ1) is 19.7. The van der Waals surface area contributed by atoms with Gasteiger partial charge in [0, 0.05) is 23.2 Å². The van der Waals surface area contributed by atoms with E-state index in [0.717, 1.165) is 27.9 Å². The summed E-state index contributed by atoms with van der Waals surface area (Å²) in [7, 11) is 6.08. The highest BCUT2D eigenvalue weighted by Gasteiger charge is 2.29. The second kappa shape index (κ2) is 7.67. The molecule has 2 aromatic carbocycles. The van der Waals surface area contributed by atoms with E-state index >= 15 is 0 Å². The lowest BCUT2D eigenvalue weighted by atomic mass is 9.93. The number of nitrogens with zero attached hydrogens (tertiary/aromatic N) is 1. The summed E-state index contributed by atoms with van der Waals surface area (Å²) >= 11 is 0. The third kappa shape index (κ3) is 3.03. The third-order valence-corrected chi connectivity index (χ3v) is 5.45. The number of rotatable bonds is 5. The number of methoxy groups -OCH3 is 4. The Balaban J connectivity index is 2.05. The Hall–Kier alpha value is -3.61. The fourth-order valence-electron chi connectivity index (χ4n) is 4.01. The summed E-state index contributed by atoms with van der Waals surface area (Å²) in [4.78, 5) is 12.5. The maximum atomic E-state index is 12.5. The van der Waals surface area contributed by atoms with Crippen molar-refractivity contribution in [1.29, 1.82) is 0 Å². The number of hydrogen-bond donors (Lipinski definition) is 1. The van der Waals surface area contributed by atoms with Crippen molar-refractivity contribution < 1.29 is 28.8 Å². The maximum Gasteiger partial charge on any atom is 0.354 e. The molecule has 1 aliphatic rings. The van der Waals surface area contributed by atoms with Crippen LogP contribution in [0.5, 0.6) is 23.0 Å². The van der Waals surface area contributed by atoms with Gasteiger partial charge in [-0.1, -0.05) is 0 Å². The molecule has 0 saturated heterocycles. The van der Waals surface area contributed by atoms with Gasteiger partial charge in [-0.25, -0.2) is 4.79 Å². The summed E-state index contributed by atoms with van der Waals surface area (Å²) in [6, 6.07) is 10.9. The Morgan fingerprint density at radius 2 is 1.67 bits per heavy atom. The zero-order chi connectivity index (χ0) is 21.4. The topological polar surface area (TPSA) is 79.2 Å². The molecule has 0 fully saturated rings. The number of fused-ring (bicyclic) bond motifs is 3. The van der Waals surface area contributed by atoms with Gasteiger partial charge < -0.3 is 28.6 Å². The lowest BCUT2D eigenvalue weighted by molar-refractivity contribution is 0.0588. The predicted molar refractivity (Wildman–Crippen MR) is 112 cm³/mol. The van der Waals surface area contributed by atoms with E-state index in [4.69, 9.17) is 18.9 Å². The van der Waals surface area contributed by atoms with E-state index in [9.17, 15) is 9.90 Å². The lowest BCUT2D eigenvalue weighted by Crippen LogP contribution is -2.17. The first-order valence-corrected chi connectivity index (χ1v) is 9.46. The van der Waals surface area contributed by atoms with Gasteiger partial charge in [0.15, 0.2) is 11.5 Å². The summed E-state index contributed by atoms with van der Waals surface area (Å²) in [6.07, 6.45) is 0.660. The molecule has 0 unspecified atom stereocenters. The Bertz CT molecular complexity index is 1130. The second-order valence-corrected chi connectivity index (χ2v) is 6.93. The van der Waals surface area contributed by atoms with Gasteiger partial charge in [-0.3, -0.25) is 0 Å². The minimum atomic E-state index is -0.418. The van der Waals surface area contributed by atoms with E-state index in [1.807, 2.05) is 28.8 Å². The van der Waals surface area contributed by atoms with Crippen LogP contribution in [0.15, 0.2) is 36.4 Å². The van der Waals surface area contributed by atoms with Crippen LogP contribution in [-0.4, -0.2) is 44.1 Å². The second-order valence-electron chi connectivity index (χ2n) is 6.93. The van der Waals surface area contributed by atoms with Gasteiger partial charge in [-0.2, -0.15) is 0 Å². The molecule has 2 heterocycles. The first-order valence-electron chi connectivity index (χ1n) is 9.46. The standard InChI is InChI=1S/C23H23NO6/c1-27-14-5-6-20(28-2)16(10-14)17-11-18(23(26)30-4)24-8-7-13-9-19(25)21(29-3)12-15(13)22(17)24/h5-6,9-12,25H,7-8H2,1-4H3. The largest absolute Gasteiger partial charge is 0.504 e. The number of aromatic nitrogens is 1. The Kier molecular flexibility index (Phi) is 5.03. The minimum Gasteiger partial charge on any atom is -0.504 e. The monoisotopic (exact) mass is 409 g/mol. The lowest BCUT2D eigenvalue weighted by Gasteiger charge is -2.23. The van der Waals surface area contributed by atoms with Crippen molar-refractivity contribution in [2.75, 3.05) is 28.4 Å². The molecule has 4 rings (SSSR count). The number of ether oxygens (including phenoxy) is 4. The van der Waals surface area contributed by atoms with Crippen LogP contribution < -0.4 is 14.2 Å². The number of aromatic hydroxyl groups is 1. The summed E-state index contributed by atoms with van der Waals surface area (Å²) in [5.74, 6) is 1.36. The van der Waals surface area contributed by atoms with Gasteiger partial charge in [0.25, 0.3) is 0 Å². The Morgan fingerprint density at radius 3 is 2.33 bits per heavy atom. The summed E-state index contributed by atoms with van der Waals surface area (Å²) in [6.45, 7) is 0.574. The number of phenols is 1. The SMILES string of the molecule is COC(=O)c1cc(-c2cc(OC)ccc2OC)c2n1CCc1cc(O)c(OC)cc1-2. The smallest absolute Gasteiger partial charge is 0.354 e. The van der Waals surface area contributed by atoms with E-state index < -0.39 is 5.97 Å². The van der Waals surface area contributed by atoms with Crippen molar-refractivity contribution in [2.24, 2.45) is 0 Å². The van der Waals surface area contributed by atoms with Crippen molar-refractivity contribution in [2.45, 2.75) is 13.0 Å². The average Bonchev–Trinajstić information content (AvgIpc) is 3.17. The molecule has 0 atom stereocenters. The van der Waals surface area contributed by atoms with Crippen molar-refractivity contribution in [3.05, 3.63) is 47.7 Å². The van der Waals surface area contributed by atoms with Crippen LogP contribution in [-0.2, 0) is 17.7 Å². The van der Waals surface area contributed by atoms with E-state index in [1.165, 1.54) is 14.2 Å². The molecule has 0 bridgehead atoms. The van der Waals surface area contributed by atoms with Gasteiger partial charge in [-0.15, -0.1) is 0 Å². The molecule has 1 aliphatic heterocycles. The van der Waals surface area contributed by atoms with Crippen molar-refractivity contribution in [1.82, 2.24) is 4.57 Å². The maximum absolute atomic E-state index is 12.5. The van der Waals surface area contributed by atoms with Gasteiger partial charge >= 0.3 is 5.97 Å². The molecule has 7 nitrogen and oxygen atoms in total. The third-order valence-electron chi connectivity index (χ3n) is 5.45. The average molecular weight is 409 g/mol. The van der Waals surface area contributed by atoms with Gasteiger partial charge in [0.1, 0.15) is 17.2 Å². The van der Waals surface area contributed by atoms with E-state index in [0.29, 0.717) is 35.9 Å². The zero-order valence-electron chi connectivity index (χ0n) is 17.3. The molecule has 0 saturated carbocycles. The number of hydrogen-bond acceptors (Lipinski definition) is 6. The molecule has 0 amide bonds. The predicted octanol–water partition coefficient (Wildman–Crippen LogP) is 3.90. The molecular weight excluding hydrogens is 386 g/mol. The van der Waals surface area contributed by atoms with Gasteiger partial charge in [0.2, 0.25) is 0 Å². The molecule has 1 aromatic heterocycles. The molecular formula is C23H23NO6. The van der Waals surface area contributed by atoms with Crippen LogP contribution >= 0.6 is 0 Å². The van der Waals surface area contributed by atoms with Crippen LogP contribution in [0.4, 0.5) is 0 Å². The Morgan fingerprint density at radius 1 is 0.900 bits per heavy atom. The molecule has 156 valence electrons. The van der Waals surface area contributed by atoms with Crippen LogP contribution in [0.3, 0.4) is 0 Å². The summed E-state index contributed by atoms with van der Waals surface area (Å²) in [5, 5.41) is 10.2. The highest BCUT2D eigenvalue weighted by atomic mass is 16.5. The van der Waals surface area contributed by atoms with Crippen LogP contribution in [0.25, 0.3) is 22.4 Å². The number of carbonyl (C=O) groups excluding carboxylic acids is 1. The van der Waals surface area contributed by atoms with Gasteiger partial charge in [-0.05, 0) is 48.4 Å². The van der Waals surface area contributed by atoms with Gasteiger partial charge in [0.05, 0.1) is 34.1 Å². The first-order chi connectivity index (χ1) is 14.5.